The van der Waals surface area contributed by atoms with Gasteiger partial charge in [-0.05, 0) is 36.3 Å². The normalized spacial score (nSPS) is 18.0. The molecule has 1 unspecified atom stereocenters. The molecule has 0 bridgehead atoms. The molecule has 0 aliphatic carbocycles. The predicted octanol–water partition coefficient (Wildman–Crippen LogP) is 4.11. The quantitative estimate of drug-likeness (QED) is 0.857. The molecule has 1 aromatic heterocycles. The van der Waals surface area contributed by atoms with Crippen LogP contribution in [0.5, 0.6) is 0 Å². The highest BCUT2D eigenvalue weighted by Crippen LogP contribution is 2.37. The van der Waals surface area contributed by atoms with Crippen LogP contribution in [0.4, 0.5) is 0 Å². The zero-order valence-corrected chi connectivity index (χ0v) is 15.0. The van der Waals surface area contributed by atoms with Crippen molar-refractivity contribution >= 4 is 17.2 Å². The van der Waals surface area contributed by atoms with Crippen LogP contribution in [0.15, 0.2) is 47.8 Å². The first-order chi connectivity index (χ1) is 11.7. The molecule has 2 aromatic rings. The van der Waals surface area contributed by atoms with E-state index in [0.717, 1.165) is 38.0 Å². The number of carbonyl (C=O) groups excluding carboxylic acids is 1. The van der Waals surface area contributed by atoms with Crippen molar-refractivity contribution in [3.05, 3.63) is 58.3 Å². The molecule has 1 N–H and O–H groups in total. The van der Waals surface area contributed by atoms with Crippen LogP contribution in [0.2, 0.25) is 0 Å². The molecule has 1 aliphatic heterocycles. The van der Waals surface area contributed by atoms with Crippen LogP contribution in [-0.4, -0.2) is 25.7 Å². The van der Waals surface area contributed by atoms with E-state index in [4.69, 9.17) is 4.74 Å². The number of thiophene rings is 1. The molecule has 1 saturated heterocycles. The second-order valence-electron chi connectivity index (χ2n) is 6.46. The number of rotatable bonds is 6. The van der Waals surface area contributed by atoms with Crippen LogP contribution in [0.25, 0.3) is 0 Å². The molecule has 24 heavy (non-hydrogen) atoms. The van der Waals surface area contributed by atoms with Gasteiger partial charge in [-0.15, -0.1) is 11.3 Å². The third-order valence-corrected chi connectivity index (χ3v) is 6.14. The Hall–Kier alpha value is -1.65. The maximum absolute atomic E-state index is 12.8. The Morgan fingerprint density at radius 2 is 1.96 bits per heavy atom. The average Bonchev–Trinajstić information content (AvgIpc) is 3.18. The van der Waals surface area contributed by atoms with Crippen molar-refractivity contribution in [2.75, 3.05) is 19.8 Å². The standard InChI is InChI=1S/C20H25NO2S/c1-2-17(16-7-4-3-5-8-16)19(22)21-15-20(10-12-23-13-11-20)18-9-6-14-24-18/h3-9,14,17H,2,10-13,15H2,1H3,(H,21,22). The highest BCUT2D eigenvalue weighted by atomic mass is 32.1. The Morgan fingerprint density at radius 3 is 2.58 bits per heavy atom. The van der Waals surface area contributed by atoms with Gasteiger partial charge in [-0.25, -0.2) is 0 Å². The van der Waals surface area contributed by atoms with Gasteiger partial charge < -0.3 is 10.1 Å². The summed E-state index contributed by atoms with van der Waals surface area (Å²) in [5.41, 5.74) is 1.12. The molecule has 1 amide bonds. The predicted molar refractivity (Wildman–Crippen MR) is 98.5 cm³/mol. The Balaban J connectivity index is 1.71. The molecule has 4 heteroatoms. The van der Waals surface area contributed by atoms with Crippen LogP contribution in [0.3, 0.4) is 0 Å². The van der Waals surface area contributed by atoms with Crippen LogP contribution in [0, 0.1) is 0 Å². The SMILES string of the molecule is CCC(C(=O)NCC1(c2cccs2)CCOCC1)c1ccccc1. The fourth-order valence-electron chi connectivity index (χ4n) is 3.49. The first-order valence-electron chi connectivity index (χ1n) is 8.69. The third kappa shape index (κ3) is 3.70. The summed E-state index contributed by atoms with van der Waals surface area (Å²) in [5.74, 6) is 0.0533. The minimum atomic E-state index is -0.0774. The van der Waals surface area contributed by atoms with Gasteiger partial charge in [0, 0.05) is 30.1 Å². The molecule has 3 nitrogen and oxygen atoms in total. The van der Waals surface area contributed by atoms with Gasteiger partial charge in [-0.1, -0.05) is 43.3 Å². The Labute approximate surface area is 148 Å². The van der Waals surface area contributed by atoms with Crippen LogP contribution in [-0.2, 0) is 14.9 Å². The smallest absolute Gasteiger partial charge is 0.227 e. The highest BCUT2D eigenvalue weighted by Gasteiger charge is 2.36. The summed E-state index contributed by atoms with van der Waals surface area (Å²) in [4.78, 5) is 14.2. The monoisotopic (exact) mass is 343 g/mol. The zero-order chi connectivity index (χ0) is 16.8. The molecular weight excluding hydrogens is 318 g/mol. The average molecular weight is 343 g/mol. The van der Waals surface area contributed by atoms with Crippen LogP contribution in [0.1, 0.15) is 42.5 Å². The molecule has 0 saturated carbocycles. The summed E-state index contributed by atoms with van der Waals surface area (Å²) in [7, 11) is 0. The van der Waals surface area contributed by atoms with E-state index in [1.807, 2.05) is 30.3 Å². The fourth-order valence-corrected chi connectivity index (χ4v) is 4.48. The molecule has 0 spiro atoms. The molecule has 128 valence electrons. The summed E-state index contributed by atoms with van der Waals surface area (Å²) in [6, 6.07) is 14.3. The number of ether oxygens (including phenoxy) is 1. The van der Waals surface area contributed by atoms with E-state index in [1.165, 1.54) is 4.88 Å². The second-order valence-corrected chi connectivity index (χ2v) is 7.41. The summed E-state index contributed by atoms with van der Waals surface area (Å²) in [6.45, 7) is 4.30. The lowest BCUT2D eigenvalue weighted by atomic mass is 9.78. The lowest BCUT2D eigenvalue weighted by Gasteiger charge is -2.37. The van der Waals surface area contributed by atoms with Gasteiger partial charge in [0.1, 0.15) is 0 Å². The third-order valence-electron chi connectivity index (χ3n) is 5.02. The first-order valence-corrected chi connectivity index (χ1v) is 9.57. The first kappa shape index (κ1) is 17.2. The number of nitrogens with one attached hydrogen (secondary N) is 1. The maximum Gasteiger partial charge on any atom is 0.227 e. The van der Waals surface area contributed by atoms with E-state index in [0.29, 0.717) is 6.54 Å². The van der Waals surface area contributed by atoms with Gasteiger partial charge in [0.25, 0.3) is 0 Å². The van der Waals surface area contributed by atoms with Crippen molar-refractivity contribution in [2.45, 2.75) is 37.5 Å². The topological polar surface area (TPSA) is 38.3 Å². The van der Waals surface area contributed by atoms with Gasteiger partial charge in [0.05, 0.1) is 5.92 Å². The van der Waals surface area contributed by atoms with Crippen molar-refractivity contribution in [1.29, 1.82) is 0 Å². The Bertz CT molecular complexity index is 633. The van der Waals surface area contributed by atoms with Crippen molar-refractivity contribution in [3.63, 3.8) is 0 Å². The maximum atomic E-state index is 12.8. The van der Waals surface area contributed by atoms with Crippen molar-refractivity contribution in [3.8, 4) is 0 Å². The van der Waals surface area contributed by atoms with E-state index >= 15 is 0 Å². The van der Waals surface area contributed by atoms with Crippen LogP contribution < -0.4 is 5.32 Å². The largest absolute Gasteiger partial charge is 0.381 e. The lowest BCUT2D eigenvalue weighted by molar-refractivity contribution is -0.123. The minimum Gasteiger partial charge on any atom is -0.381 e. The molecule has 0 radical (unpaired) electrons. The van der Waals surface area contributed by atoms with E-state index in [1.54, 1.807) is 11.3 Å². The number of hydrogen-bond acceptors (Lipinski definition) is 3. The summed E-state index contributed by atoms with van der Waals surface area (Å²) < 4.78 is 5.56. The minimum absolute atomic E-state index is 0.0249. The molecule has 1 aliphatic rings. The van der Waals surface area contributed by atoms with E-state index in [9.17, 15) is 4.79 Å². The number of amides is 1. The van der Waals surface area contributed by atoms with E-state index in [-0.39, 0.29) is 17.2 Å². The zero-order valence-electron chi connectivity index (χ0n) is 14.2. The molecule has 1 fully saturated rings. The summed E-state index contributed by atoms with van der Waals surface area (Å²) in [6.07, 6.45) is 2.75. The van der Waals surface area contributed by atoms with Gasteiger partial charge in [-0.3, -0.25) is 4.79 Å². The van der Waals surface area contributed by atoms with Gasteiger partial charge in [-0.2, -0.15) is 0 Å². The number of benzene rings is 1. The van der Waals surface area contributed by atoms with E-state index in [2.05, 4.69) is 29.8 Å². The Kier molecular flexibility index (Phi) is 5.69. The second kappa shape index (κ2) is 7.95. The lowest BCUT2D eigenvalue weighted by Crippen LogP contribution is -2.45. The van der Waals surface area contributed by atoms with Crippen molar-refractivity contribution in [1.82, 2.24) is 5.32 Å². The Morgan fingerprint density at radius 1 is 1.21 bits per heavy atom. The fraction of sp³-hybridized carbons (Fsp3) is 0.450. The van der Waals surface area contributed by atoms with Crippen molar-refractivity contribution < 1.29 is 9.53 Å². The van der Waals surface area contributed by atoms with Crippen LogP contribution >= 0.6 is 11.3 Å². The van der Waals surface area contributed by atoms with Gasteiger partial charge in [0.2, 0.25) is 5.91 Å². The number of carbonyl (C=O) groups is 1. The summed E-state index contributed by atoms with van der Waals surface area (Å²) >= 11 is 1.78. The highest BCUT2D eigenvalue weighted by molar-refractivity contribution is 7.10. The van der Waals surface area contributed by atoms with Gasteiger partial charge in [0.15, 0.2) is 0 Å². The number of hydrogen-bond donors (Lipinski definition) is 1. The van der Waals surface area contributed by atoms with Gasteiger partial charge >= 0.3 is 0 Å². The molecule has 2 heterocycles. The van der Waals surface area contributed by atoms with Crippen molar-refractivity contribution in [2.24, 2.45) is 0 Å². The molecule has 1 atom stereocenters. The van der Waals surface area contributed by atoms with E-state index < -0.39 is 0 Å². The molecule has 1 aromatic carbocycles. The molecular formula is C20H25NO2S. The summed E-state index contributed by atoms with van der Waals surface area (Å²) in [5, 5.41) is 5.36. The molecule has 3 rings (SSSR count).